The molecule has 5 heteroatoms. The first kappa shape index (κ1) is 10.5. The van der Waals surface area contributed by atoms with Gasteiger partial charge in [-0.25, -0.2) is 0 Å². The Bertz CT molecular complexity index is 362. The van der Waals surface area contributed by atoms with Crippen molar-refractivity contribution in [2.75, 3.05) is 23.7 Å². The second kappa shape index (κ2) is 3.89. The van der Waals surface area contributed by atoms with Gasteiger partial charge in [0.1, 0.15) is 0 Å². The summed E-state index contributed by atoms with van der Waals surface area (Å²) in [4.78, 5) is 1.83. The number of hydrogen-bond acceptors (Lipinski definition) is 4. The summed E-state index contributed by atoms with van der Waals surface area (Å²) in [5.41, 5.74) is 7.16. The molecule has 1 aliphatic heterocycles. The molecule has 2 rings (SSSR count). The highest BCUT2D eigenvalue weighted by atomic mass is 35.5. The van der Waals surface area contributed by atoms with E-state index in [-0.39, 0.29) is 0 Å². The number of β-amino-alcohol motifs (C(OH)–C–C–N with tert-alkyl or cyclic N) is 2. The van der Waals surface area contributed by atoms with Crippen molar-refractivity contribution in [1.29, 1.82) is 0 Å². The van der Waals surface area contributed by atoms with Gasteiger partial charge in [-0.3, -0.25) is 0 Å². The summed E-state index contributed by atoms with van der Waals surface area (Å²) >= 11 is 5.86. The summed E-state index contributed by atoms with van der Waals surface area (Å²) in [6.45, 7) is 0.761. The molecule has 0 aliphatic carbocycles. The lowest BCUT2D eigenvalue weighted by atomic mass is 10.2. The number of aliphatic hydroxyl groups is 2. The molecule has 1 saturated heterocycles. The molecule has 0 saturated carbocycles. The van der Waals surface area contributed by atoms with Gasteiger partial charge in [0.2, 0.25) is 0 Å². The molecule has 15 heavy (non-hydrogen) atoms. The second-order valence-corrected chi connectivity index (χ2v) is 4.18. The first-order valence-corrected chi connectivity index (χ1v) is 5.12. The highest BCUT2D eigenvalue weighted by Gasteiger charge is 2.30. The summed E-state index contributed by atoms with van der Waals surface area (Å²) < 4.78 is 0. The minimum atomic E-state index is -0.719. The SMILES string of the molecule is Nc1ccc(Cl)cc1N1CC(O)C(O)C1. The fraction of sp³-hybridized carbons (Fsp3) is 0.400. The smallest absolute Gasteiger partial charge is 0.0990 e. The number of nitrogens with two attached hydrogens (primary N) is 1. The lowest BCUT2D eigenvalue weighted by Gasteiger charge is -2.19. The molecule has 1 fully saturated rings. The molecule has 4 N–H and O–H groups in total. The van der Waals surface area contributed by atoms with Gasteiger partial charge in [0.25, 0.3) is 0 Å². The molecule has 1 aromatic rings. The number of benzene rings is 1. The molecule has 2 unspecified atom stereocenters. The molecule has 4 nitrogen and oxygen atoms in total. The van der Waals surface area contributed by atoms with Crippen molar-refractivity contribution in [3.8, 4) is 0 Å². The normalized spacial score (nSPS) is 25.9. The van der Waals surface area contributed by atoms with Gasteiger partial charge in [-0.1, -0.05) is 11.6 Å². The summed E-state index contributed by atoms with van der Waals surface area (Å²) in [5.74, 6) is 0. The van der Waals surface area contributed by atoms with Crippen molar-refractivity contribution in [3.63, 3.8) is 0 Å². The summed E-state index contributed by atoms with van der Waals surface area (Å²) in [6.07, 6.45) is -1.44. The monoisotopic (exact) mass is 228 g/mol. The predicted octanol–water partition coefficient (Wildman–Crippen LogP) is 0.464. The van der Waals surface area contributed by atoms with Crippen LogP contribution in [0.2, 0.25) is 5.02 Å². The van der Waals surface area contributed by atoms with Crippen LogP contribution < -0.4 is 10.6 Å². The van der Waals surface area contributed by atoms with Crippen LogP contribution in [0.1, 0.15) is 0 Å². The second-order valence-electron chi connectivity index (χ2n) is 3.74. The van der Waals surface area contributed by atoms with E-state index in [1.807, 2.05) is 4.90 Å². The van der Waals surface area contributed by atoms with E-state index < -0.39 is 12.2 Å². The first-order chi connectivity index (χ1) is 7.08. The molecule has 0 amide bonds. The molecule has 1 heterocycles. The number of nitrogens with zero attached hydrogens (tertiary/aromatic N) is 1. The van der Waals surface area contributed by atoms with Gasteiger partial charge < -0.3 is 20.8 Å². The van der Waals surface area contributed by atoms with Crippen molar-refractivity contribution < 1.29 is 10.2 Å². The highest BCUT2D eigenvalue weighted by Crippen LogP contribution is 2.29. The van der Waals surface area contributed by atoms with Crippen LogP contribution in [-0.2, 0) is 0 Å². The van der Waals surface area contributed by atoms with Gasteiger partial charge >= 0.3 is 0 Å². The number of aliphatic hydroxyl groups excluding tert-OH is 2. The molecular formula is C10H13ClN2O2. The van der Waals surface area contributed by atoms with E-state index in [4.69, 9.17) is 17.3 Å². The van der Waals surface area contributed by atoms with Crippen LogP contribution in [0.15, 0.2) is 18.2 Å². The molecule has 0 bridgehead atoms. The molecular weight excluding hydrogens is 216 g/mol. The van der Waals surface area contributed by atoms with E-state index in [1.165, 1.54) is 0 Å². The maximum atomic E-state index is 9.42. The van der Waals surface area contributed by atoms with Crippen LogP contribution in [0.25, 0.3) is 0 Å². The molecule has 2 atom stereocenters. The van der Waals surface area contributed by atoms with Crippen LogP contribution in [0.5, 0.6) is 0 Å². The fourth-order valence-electron chi connectivity index (χ4n) is 1.76. The largest absolute Gasteiger partial charge is 0.397 e. The van der Waals surface area contributed by atoms with E-state index in [2.05, 4.69) is 0 Å². The van der Waals surface area contributed by atoms with E-state index >= 15 is 0 Å². The Kier molecular flexibility index (Phi) is 2.73. The van der Waals surface area contributed by atoms with E-state index in [1.54, 1.807) is 18.2 Å². The first-order valence-electron chi connectivity index (χ1n) is 4.74. The van der Waals surface area contributed by atoms with Crippen molar-refractivity contribution in [1.82, 2.24) is 0 Å². The van der Waals surface area contributed by atoms with E-state index in [9.17, 15) is 10.2 Å². The molecule has 0 aromatic heterocycles. The van der Waals surface area contributed by atoms with Crippen molar-refractivity contribution in [3.05, 3.63) is 23.2 Å². The highest BCUT2D eigenvalue weighted by molar-refractivity contribution is 6.31. The molecule has 82 valence electrons. The molecule has 0 spiro atoms. The van der Waals surface area contributed by atoms with E-state index in [0.29, 0.717) is 23.8 Å². The van der Waals surface area contributed by atoms with Gasteiger partial charge in [-0.2, -0.15) is 0 Å². The summed E-state index contributed by atoms with van der Waals surface area (Å²) in [7, 11) is 0. The van der Waals surface area contributed by atoms with Crippen LogP contribution in [0.3, 0.4) is 0 Å². The maximum absolute atomic E-state index is 9.42. The third-order valence-corrected chi connectivity index (χ3v) is 2.83. The Balaban J connectivity index is 2.27. The van der Waals surface area contributed by atoms with Gasteiger partial charge in [0, 0.05) is 18.1 Å². The third kappa shape index (κ3) is 2.02. The van der Waals surface area contributed by atoms with Gasteiger partial charge in [0.15, 0.2) is 0 Å². The Hall–Kier alpha value is -0.970. The van der Waals surface area contributed by atoms with Crippen LogP contribution in [-0.4, -0.2) is 35.5 Å². The Morgan fingerprint density at radius 2 is 1.87 bits per heavy atom. The van der Waals surface area contributed by atoms with Crippen molar-refractivity contribution in [2.24, 2.45) is 0 Å². The molecule has 1 aliphatic rings. The Labute approximate surface area is 92.9 Å². The quantitative estimate of drug-likeness (QED) is 0.611. The van der Waals surface area contributed by atoms with Crippen LogP contribution in [0, 0.1) is 0 Å². The zero-order valence-corrected chi connectivity index (χ0v) is 8.85. The van der Waals surface area contributed by atoms with Crippen molar-refractivity contribution in [2.45, 2.75) is 12.2 Å². The minimum Gasteiger partial charge on any atom is -0.397 e. The maximum Gasteiger partial charge on any atom is 0.0990 e. The van der Waals surface area contributed by atoms with Gasteiger partial charge in [0.05, 0.1) is 23.6 Å². The van der Waals surface area contributed by atoms with Crippen molar-refractivity contribution >= 4 is 23.0 Å². The molecule has 0 radical (unpaired) electrons. The van der Waals surface area contributed by atoms with Gasteiger partial charge in [-0.15, -0.1) is 0 Å². The Morgan fingerprint density at radius 3 is 2.47 bits per heavy atom. The Morgan fingerprint density at radius 1 is 1.27 bits per heavy atom. The van der Waals surface area contributed by atoms with Crippen LogP contribution in [0.4, 0.5) is 11.4 Å². The lowest BCUT2D eigenvalue weighted by molar-refractivity contribution is 0.0572. The summed E-state index contributed by atoms with van der Waals surface area (Å²) in [5, 5.41) is 19.4. The summed E-state index contributed by atoms with van der Waals surface area (Å²) in [6, 6.07) is 5.17. The standard InChI is InChI=1S/C10H13ClN2O2/c11-6-1-2-7(12)8(3-6)13-4-9(14)10(15)5-13/h1-3,9-10,14-15H,4-5,12H2. The predicted molar refractivity (Wildman–Crippen MR) is 60.1 cm³/mol. The average molecular weight is 229 g/mol. The lowest BCUT2D eigenvalue weighted by Crippen LogP contribution is -2.22. The number of nitrogen functional groups attached to an aromatic ring is 1. The number of halogens is 1. The fourth-order valence-corrected chi connectivity index (χ4v) is 1.92. The zero-order chi connectivity index (χ0) is 11.0. The van der Waals surface area contributed by atoms with Gasteiger partial charge in [-0.05, 0) is 18.2 Å². The topological polar surface area (TPSA) is 69.7 Å². The van der Waals surface area contributed by atoms with Crippen LogP contribution >= 0.6 is 11.6 Å². The minimum absolute atomic E-state index is 0.381. The average Bonchev–Trinajstić information content (AvgIpc) is 2.51. The molecule has 1 aromatic carbocycles. The zero-order valence-electron chi connectivity index (χ0n) is 8.10. The number of rotatable bonds is 1. The number of anilines is 2. The van der Waals surface area contributed by atoms with E-state index in [0.717, 1.165) is 5.69 Å². The number of hydrogen-bond donors (Lipinski definition) is 3. The third-order valence-electron chi connectivity index (χ3n) is 2.59.